The van der Waals surface area contributed by atoms with E-state index in [-0.39, 0.29) is 6.04 Å². The average molecular weight is 340 g/mol. The lowest BCUT2D eigenvalue weighted by molar-refractivity contribution is -0.148. The van der Waals surface area contributed by atoms with Crippen LogP contribution in [0.4, 0.5) is 4.79 Å². The number of carbonyl (C=O) groups excluding carboxylic acids is 1. The molecular weight excluding hydrogens is 308 g/mol. The van der Waals surface area contributed by atoms with Gasteiger partial charge in [-0.05, 0) is 65.7 Å². The summed E-state index contributed by atoms with van der Waals surface area (Å²) in [5.41, 5.74) is -1.86. The van der Waals surface area contributed by atoms with E-state index in [0.717, 1.165) is 18.8 Å². The molecule has 0 unspecified atom stereocenters. The minimum Gasteiger partial charge on any atom is -0.480 e. The number of nitrogens with zero attached hydrogens (tertiary/aromatic N) is 1. The fourth-order valence-electron chi connectivity index (χ4n) is 3.74. The van der Waals surface area contributed by atoms with Gasteiger partial charge in [-0.3, -0.25) is 4.90 Å². The molecule has 6 nitrogen and oxygen atoms in total. The third-order valence-corrected chi connectivity index (χ3v) is 5.20. The van der Waals surface area contributed by atoms with Crippen LogP contribution >= 0.6 is 0 Å². The molecule has 1 aliphatic carbocycles. The average Bonchev–Trinajstić information content (AvgIpc) is 2.78. The van der Waals surface area contributed by atoms with Crippen molar-refractivity contribution in [3.63, 3.8) is 0 Å². The number of ether oxygens (including phenoxy) is 1. The van der Waals surface area contributed by atoms with Gasteiger partial charge in [0.2, 0.25) is 0 Å². The zero-order valence-electron chi connectivity index (χ0n) is 15.6. The molecule has 6 heteroatoms. The Morgan fingerprint density at radius 2 is 1.75 bits per heavy atom. The summed E-state index contributed by atoms with van der Waals surface area (Å²) in [5.74, 6) is -0.205. The normalized spacial score (nSPS) is 34.2. The van der Waals surface area contributed by atoms with E-state index >= 15 is 0 Å². The van der Waals surface area contributed by atoms with Crippen LogP contribution in [0.2, 0.25) is 0 Å². The van der Waals surface area contributed by atoms with Gasteiger partial charge in [-0.1, -0.05) is 6.92 Å². The van der Waals surface area contributed by atoms with Crippen molar-refractivity contribution < 1.29 is 19.4 Å². The first kappa shape index (κ1) is 19.0. The Hall–Kier alpha value is -1.30. The molecule has 0 aromatic carbocycles. The van der Waals surface area contributed by atoms with Gasteiger partial charge in [0.1, 0.15) is 11.1 Å². The van der Waals surface area contributed by atoms with Gasteiger partial charge < -0.3 is 15.2 Å². The number of carbonyl (C=O) groups is 2. The highest BCUT2D eigenvalue weighted by atomic mass is 16.6. The SMILES string of the molecule is CC1CCC(N[C@H]2CN(C(=O)OC(C)(C)C)[C@](C)(C(=O)O)C2)CC1. The van der Waals surface area contributed by atoms with Crippen LogP contribution in [0.5, 0.6) is 0 Å². The van der Waals surface area contributed by atoms with Gasteiger partial charge in [0.15, 0.2) is 0 Å². The van der Waals surface area contributed by atoms with Crippen LogP contribution in [0.1, 0.15) is 66.7 Å². The van der Waals surface area contributed by atoms with Crippen LogP contribution in [-0.4, -0.2) is 51.8 Å². The first-order valence-corrected chi connectivity index (χ1v) is 9.01. The molecule has 2 atom stereocenters. The van der Waals surface area contributed by atoms with Crippen molar-refractivity contribution in [2.24, 2.45) is 5.92 Å². The molecule has 1 aliphatic heterocycles. The summed E-state index contributed by atoms with van der Waals surface area (Å²) in [4.78, 5) is 25.7. The highest BCUT2D eigenvalue weighted by Crippen LogP contribution is 2.33. The van der Waals surface area contributed by atoms with Crippen LogP contribution in [0.3, 0.4) is 0 Å². The van der Waals surface area contributed by atoms with E-state index in [9.17, 15) is 14.7 Å². The van der Waals surface area contributed by atoms with Crippen molar-refractivity contribution in [1.29, 1.82) is 0 Å². The molecule has 1 heterocycles. The van der Waals surface area contributed by atoms with Crippen LogP contribution in [0, 0.1) is 5.92 Å². The number of aliphatic carboxylic acids is 1. The Labute approximate surface area is 144 Å². The Morgan fingerprint density at radius 1 is 1.17 bits per heavy atom. The predicted molar refractivity (Wildman–Crippen MR) is 91.9 cm³/mol. The Kier molecular flexibility index (Phi) is 5.47. The third kappa shape index (κ3) is 4.41. The van der Waals surface area contributed by atoms with E-state index in [1.165, 1.54) is 17.7 Å². The number of rotatable bonds is 3. The topological polar surface area (TPSA) is 78.9 Å². The van der Waals surface area contributed by atoms with E-state index in [2.05, 4.69) is 12.2 Å². The largest absolute Gasteiger partial charge is 0.480 e. The highest BCUT2D eigenvalue weighted by Gasteiger charge is 2.51. The van der Waals surface area contributed by atoms with Gasteiger partial charge >= 0.3 is 12.1 Å². The number of carboxylic acids is 1. The number of nitrogens with one attached hydrogen (secondary N) is 1. The number of amides is 1. The predicted octanol–water partition coefficient (Wildman–Crippen LogP) is 3.01. The molecule has 0 bridgehead atoms. The standard InChI is InChI=1S/C18H32N2O4/c1-12-6-8-13(9-7-12)19-14-10-18(5,15(21)22)20(11-14)16(23)24-17(2,3)4/h12-14,19H,6-11H2,1-5H3,(H,21,22)/t12?,13?,14-,18+/m1/s1. The fraction of sp³-hybridized carbons (Fsp3) is 0.889. The van der Waals surface area contributed by atoms with Crippen molar-refractivity contribution in [2.45, 2.75) is 89.9 Å². The van der Waals surface area contributed by atoms with E-state index in [1.807, 2.05) is 0 Å². The zero-order valence-corrected chi connectivity index (χ0v) is 15.6. The van der Waals surface area contributed by atoms with Crippen molar-refractivity contribution in [2.75, 3.05) is 6.54 Å². The first-order chi connectivity index (χ1) is 11.0. The lowest BCUT2D eigenvalue weighted by Crippen LogP contribution is -2.52. The van der Waals surface area contributed by atoms with Gasteiger partial charge in [0, 0.05) is 18.6 Å². The number of carboxylic acid groups (broad SMARTS) is 1. The van der Waals surface area contributed by atoms with E-state index in [0.29, 0.717) is 19.0 Å². The molecule has 1 amide bonds. The van der Waals surface area contributed by atoms with Crippen LogP contribution in [0.15, 0.2) is 0 Å². The maximum atomic E-state index is 12.5. The summed E-state index contributed by atoms with van der Waals surface area (Å²) in [7, 11) is 0. The molecular formula is C18H32N2O4. The summed E-state index contributed by atoms with van der Waals surface area (Å²) >= 11 is 0. The highest BCUT2D eigenvalue weighted by molar-refractivity contribution is 5.85. The van der Waals surface area contributed by atoms with Gasteiger partial charge in [-0.2, -0.15) is 0 Å². The van der Waals surface area contributed by atoms with Crippen molar-refractivity contribution in [1.82, 2.24) is 10.2 Å². The van der Waals surface area contributed by atoms with Crippen molar-refractivity contribution in [3.8, 4) is 0 Å². The lowest BCUT2D eigenvalue weighted by atomic mass is 9.87. The lowest BCUT2D eigenvalue weighted by Gasteiger charge is -2.32. The molecule has 0 aromatic rings. The maximum absolute atomic E-state index is 12.5. The molecule has 2 N–H and O–H groups in total. The fourth-order valence-corrected chi connectivity index (χ4v) is 3.74. The van der Waals surface area contributed by atoms with Gasteiger partial charge in [-0.15, -0.1) is 0 Å². The Balaban J connectivity index is 2.04. The second kappa shape index (κ2) is 6.90. The third-order valence-electron chi connectivity index (χ3n) is 5.20. The van der Waals surface area contributed by atoms with Gasteiger partial charge in [0.25, 0.3) is 0 Å². The van der Waals surface area contributed by atoms with E-state index in [4.69, 9.17) is 4.74 Å². The van der Waals surface area contributed by atoms with Gasteiger partial charge in [-0.25, -0.2) is 9.59 Å². The Morgan fingerprint density at radius 3 is 2.25 bits per heavy atom. The zero-order chi connectivity index (χ0) is 18.1. The summed E-state index contributed by atoms with van der Waals surface area (Å²) in [6, 6.07) is 0.417. The smallest absolute Gasteiger partial charge is 0.411 e. The van der Waals surface area contributed by atoms with Crippen molar-refractivity contribution >= 4 is 12.1 Å². The van der Waals surface area contributed by atoms with E-state index in [1.54, 1.807) is 27.7 Å². The molecule has 2 aliphatic rings. The molecule has 2 fully saturated rings. The molecule has 138 valence electrons. The molecule has 1 saturated heterocycles. The van der Waals surface area contributed by atoms with Crippen LogP contribution in [-0.2, 0) is 9.53 Å². The molecule has 0 spiro atoms. The minimum atomic E-state index is -1.22. The number of likely N-dealkylation sites (tertiary alicyclic amines) is 1. The summed E-state index contributed by atoms with van der Waals surface area (Å²) in [6.07, 6.45) is 4.51. The molecule has 2 rings (SSSR count). The number of hydrogen-bond acceptors (Lipinski definition) is 4. The quantitative estimate of drug-likeness (QED) is 0.826. The van der Waals surface area contributed by atoms with Gasteiger partial charge in [0.05, 0.1) is 0 Å². The van der Waals surface area contributed by atoms with Crippen molar-refractivity contribution in [3.05, 3.63) is 0 Å². The summed E-state index contributed by atoms with van der Waals surface area (Å²) in [6.45, 7) is 9.64. The second-order valence-corrected chi connectivity index (χ2v) is 8.69. The van der Waals surface area contributed by atoms with Crippen LogP contribution in [0.25, 0.3) is 0 Å². The number of hydrogen-bond donors (Lipinski definition) is 2. The van der Waals surface area contributed by atoms with E-state index < -0.39 is 23.2 Å². The minimum absolute atomic E-state index is 0.00276. The molecule has 24 heavy (non-hydrogen) atoms. The first-order valence-electron chi connectivity index (χ1n) is 9.01. The maximum Gasteiger partial charge on any atom is 0.411 e. The van der Waals surface area contributed by atoms with Crippen LogP contribution < -0.4 is 5.32 Å². The molecule has 0 aromatic heterocycles. The molecule has 0 radical (unpaired) electrons. The summed E-state index contributed by atoms with van der Waals surface area (Å²) in [5, 5.41) is 13.3. The molecule has 1 saturated carbocycles. The summed E-state index contributed by atoms with van der Waals surface area (Å²) < 4.78 is 5.42. The monoisotopic (exact) mass is 340 g/mol. The Bertz CT molecular complexity index is 480. The second-order valence-electron chi connectivity index (χ2n) is 8.69.